The molecule has 0 saturated carbocycles. The number of amides is 1. The van der Waals surface area contributed by atoms with Crippen molar-refractivity contribution in [3.8, 4) is 11.6 Å². The van der Waals surface area contributed by atoms with Gasteiger partial charge in [0.05, 0.1) is 16.4 Å². The number of para-hydroxylation sites is 2. The van der Waals surface area contributed by atoms with Gasteiger partial charge in [-0.05, 0) is 35.0 Å². The predicted octanol–water partition coefficient (Wildman–Crippen LogP) is 3.42. The Labute approximate surface area is 131 Å². The number of nitrogens with zero attached hydrogens (tertiary/aromatic N) is 2. The molecule has 1 aromatic heterocycles. The van der Waals surface area contributed by atoms with Crippen molar-refractivity contribution < 1.29 is 9.53 Å². The van der Waals surface area contributed by atoms with Crippen LogP contribution in [0, 0.1) is 0 Å². The van der Waals surface area contributed by atoms with Gasteiger partial charge in [-0.3, -0.25) is 4.79 Å². The lowest BCUT2D eigenvalue weighted by Gasteiger charge is -2.12. The lowest BCUT2D eigenvalue weighted by Crippen LogP contribution is -2.07. The van der Waals surface area contributed by atoms with Crippen LogP contribution in [0.1, 0.15) is 13.8 Å². The number of benzene rings is 1. The zero-order valence-corrected chi connectivity index (χ0v) is 13.3. The zero-order chi connectivity index (χ0) is 15.2. The predicted molar refractivity (Wildman–Crippen MR) is 84.7 cm³/mol. The second-order valence-electron chi connectivity index (χ2n) is 4.16. The summed E-state index contributed by atoms with van der Waals surface area (Å²) in [4.78, 5) is 19.6. The van der Waals surface area contributed by atoms with E-state index in [4.69, 9.17) is 4.74 Å². The molecule has 0 aliphatic rings. The van der Waals surface area contributed by atoms with E-state index >= 15 is 0 Å². The van der Waals surface area contributed by atoms with Crippen molar-refractivity contribution in [2.24, 2.45) is 0 Å². The number of halogens is 1. The van der Waals surface area contributed by atoms with E-state index in [2.05, 4.69) is 36.5 Å². The van der Waals surface area contributed by atoms with Crippen molar-refractivity contribution in [3.05, 3.63) is 34.9 Å². The number of rotatable bonds is 5. The number of nitrogens with one attached hydrogen (secondary N) is 2. The summed E-state index contributed by atoms with van der Waals surface area (Å²) in [5.41, 5.74) is 0.584. The molecule has 0 atom stereocenters. The summed E-state index contributed by atoms with van der Waals surface area (Å²) in [5.74, 6) is 1.20. The van der Waals surface area contributed by atoms with Gasteiger partial charge in [-0.1, -0.05) is 12.1 Å². The summed E-state index contributed by atoms with van der Waals surface area (Å²) in [6.45, 7) is 4.11. The number of anilines is 2. The first-order valence-electron chi connectivity index (χ1n) is 6.41. The molecule has 0 fully saturated rings. The van der Waals surface area contributed by atoms with Crippen LogP contribution < -0.4 is 15.4 Å². The Hall–Kier alpha value is -2.15. The van der Waals surface area contributed by atoms with Crippen molar-refractivity contribution in [2.45, 2.75) is 13.8 Å². The summed E-state index contributed by atoms with van der Waals surface area (Å²) in [6.07, 6.45) is 1.61. The maximum atomic E-state index is 11.2. The topological polar surface area (TPSA) is 76.1 Å². The number of ether oxygens (including phenoxy) is 1. The maximum absolute atomic E-state index is 11.2. The van der Waals surface area contributed by atoms with Crippen LogP contribution in [-0.4, -0.2) is 22.4 Å². The van der Waals surface area contributed by atoms with E-state index in [1.807, 2.05) is 19.1 Å². The fraction of sp³-hybridized carbons (Fsp3) is 0.214. The molecular formula is C14H15BrN4O2. The van der Waals surface area contributed by atoms with Gasteiger partial charge >= 0.3 is 0 Å². The molecule has 0 aliphatic heterocycles. The molecule has 2 aromatic rings. The van der Waals surface area contributed by atoms with Crippen LogP contribution in [0.25, 0.3) is 0 Å². The molecule has 0 radical (unpaired) electrons. The summed E-state index contributed by atoms with van der Waals surface area (Å²) in [5, 5.41) is 5.73. The third-order valence-electron chi connectivity index (χ3n) is 2.45. The van der Waals surface area contributed by atoms with Gasteiger partial charge in [-0.2, -0.15) is 4.98 Å². The molecule has 2 rings (SSSR count). The number of carbonyl (C=O) groups is 1. The lowest BCUT2D eigenvalue weighted by atomic mass is 10.3. The first-order chi connectivity index (χ1) is 10.1. The number of carbonyl (C=O) groups excluding carboxylic acids is 1. The van der Waals surface area contributed by atoms with Gasteiger partial charge in [0.15, 0.2) is 5.75 Å². The average Bonchev–Trinajstić information content (AvgIpc) is 2.44. The van der Waals surface area contributed by atoms with E-state index in [0.717, 1.165) is 0 Å². The van der Waals surface area contributed by atoms with Gasteiger partial charge in [0.2, 0.25) is 17.7 Å². The average molecular weight is 351 g/mol. The molecular weight excluding hydrogens is 336 g/mol. The molecule has 21 heavy (non-hydrogen) atoms. The third-order valence-corrected chi connectivity index (χ3v) is 3.00. The molecule has 0 spiro atoms. The quantitative estimate of drug-likeness (QED) is 0.863. The molecule has 0 aliphatic carbocycles. The Morgan fingerprint density at radius 1 is 1.38 bits per heavy atom. The zero-order valence-electron chi connectivity index (χ0n) is 11.7. The monoisotopic (exact) mass is 350 g/mol. The van der Waals surface area contributed by atoms with Crippen LogP contribution in [0.4, 0.5) is 11.6 Å². The Balaban J connectivity index is 2.29. The minimum absolute atomic E-state index is 0.166. The molecule has 1 amide bonds. The first kappa shape index (κ1) is 15.2. The smallest absolute Gasteiger partial charge is 0.238 e. The Morgan fingerprint density at radius 3 is 2.86 bits per heavy atom. The summed E-state index contributed by atoms with van der Waals surface area (Å²) in [6, 6.07) is 7.15. The van der Waals surface area contributed by atoms with E-state index in [9.17, 15) is 4.79 Å². The van der Waals surface area contributed by atoms with E-state index in [1.165, 1.54) is 6.92 Å². The maximum Gasteiger partial charge on any atom is 0.238 e. The molecule has 2 N–H and O–H groups in total. The van der Waals surface area contributed by atoms with Crippen LogP contribution in [0.5, 0.6) is 11.6 Å². The van der Waals surface area contributed by atoms with E-state index < -0.39 is 0 Å². The Kier molecular flexibility index (Phi) is 5.10. The molecule has 1 aromatic carbocycles. The summed E-state index contributed by atoms with van der Waals surface area (Å²) >= 11 is 3.35. The minimum Gasteiger partial charge on any atom is -0.435 e. The first-order valence-corrected chi connectivity index (χ1v) is 7.20. The Bertz CT molecular complexity index is 649. The number of aromatic nitrogens is 2. The number of hydrogen-bond donors (Lipinski definition) is 2. The van der Waals surface area contributed by atoms with Gasteiger partial charge in [0, 0.05) is 13.5 Å². The minimum atomic E-state index is -0.166. The van der Waals surface area contributed by atoms with Gasteiger partial charge < -0.3 is 15.4 Å². The van der Waals surface area contributed by atoms with Crippen molar-refractivity contribution >= 4 is 33.5 Å². The SMILES string of the molecule is CCNc1ncc(Br)c(Oc2ccccc2NC(C)=O)n1. The molecule has 0 saturated heterocycles. The second kappa shape index (κ2) is 7.03. The fourth-order valence-corrected chi connectivity index (χ4v) is 1.89. The van der Waals surface area contributed by atoms with Crippen molar-refractivity contribution in [1.82, 2.24) is 9.97 Å². The molecule has 110 valence electrons. The third kappa shape index (κ3) is 4.16. The van der Waals surface area contributed by atoms with Crippen molar-refractivity contribution in [2.75, 3.05) is 17.2 Å². The van der Waals surface area contributed by atoms with Crippen LogP contribution in [0.2, 0.25) is 0 Å². The standard InChI is InChI=1S/C14H15BrN4O2/c1-3-16-14-17-8-10(15)13(19-14)21-12-7-5-4-6-11(12)18-9(2)20/h4-8H,3H2,1-2H3,(H,18,20)(H,16,17,19). The highest BCUT2D eigenvalue weighted by Crippen LogP contribution is 2.32. The highest BCUT2D eigenvalue weighted by molar-refractivity contribution is 9.10. The van der Waals surface area contributed by atoms with Crippen LogP contribution >= 0.6 is 15.9 Å². The van der Waals surface area contributed by atoms with Crippen molar-refractivity contribution in [3.63, 3.8) is 0 Å². The van der Waals surface area contributed by atoms with E-state index in [-0.39, 0.29) is 5.91 Å². The molecule has 7 heteroatoms. The van der Waals surface area contributed by atoms with Gasteiger partial charge in [0.25, 0.3) is 0 Å². The van der Waals surface area contributed by atoms with Crippen molar-refractivity contribution in [1.29, 1.82) is 0 Å². The second-order valence-corrected chi connectivity index (χ2v) is 5.01. The number of hydrogen-bond acceptors (Lipinski definition) is 5. The normalized spacial score (nSPS) is 10.0. The van der Waals surface area contributed by atoms with Crippen LogP contribution in [-0.2, 0) is 4.79 Å². The summed E-state index contributed by atoms with van der Waals surface area (Å²) in [7, 11) is 0. The van der Waals surface area contributed by atoms with Gasteiger partial charge in [-0.25, -0.2) is 4.98 Å². The van der Waals surface area contributed by atoms with E-state index in [1.54, 1.807) is 18.3 Å². The van der Waals surface area contributed by atoms with E-state index in [0.29, 0.717) is 34.3 Å². The van der Waals surface area contributed by atoms with Gasteiger partial charge in [-0.15, -0.1) is 0 Å². The van der Waals surface area contributed by atoms with Crippen LogP contribution in [0.3, 0.4) is 0 Å². The lowest BCUT2D eigenvalue weighted by molar-refractivity contribution is -0.114. The molecule has 1 heterocycles. The fourth-order valence-electron chi connectivity index (χ4n) is 1.62. The highest BCUT2D eigenvalue weighted by Gasteiger charge is 2.11. The molecule has 6 nitrogen and oxygen atoms in total. The Morgan fingerprint density at radius 2 is 2.14 bits per heavy atom. The highest BCUT2D eigenvalue weighted by atomic mass is 79.9. The summed E-state index contributed by atoms with van der Waals surface area (Å²) < 4.78 is 6.40. The largest absolute Gasteiger partial charge is 0.435 e. The van der Waals surface area contributed by atoms with Gasteiger partial charge in [0.1, 0.15) is 0 Å². The van der Waals surface area contributed by atoms with Crippen LogP contribution in [0.15, 0.2) is 34.9 Å². The molecule has 0 bridgehead atoms. The molecule has 0 unspecified atom stereocenters.